The molecule has 0 unspecified atom stereocenters. The third kappa shape index (κ3) is 4.43. The maximum atomic E-state index is 11.4. The molecular weight excluding hydrogens is 246 g/mol. The van der Waals surface area contributed by atoms with Crippen LogP contribution in [0.25, 0.3) is 0 Å². The highest BCUT2D eigenvalue weighted by atomic mass is 35.5. The zero-order valence-electron chi connectivity index (χ0n) is 8.94. The first kappa shape index (κ1) is 13.4. The van der Waals surface area contributed by atoms with Gasteiger partial charge in [0.2, 0.25) is 5.91 Å². The summed E-state index contributed by atoms with van der Waals surface area (Å²) in [6, 6.07) is 7.18. The van der Waals surface area contributed by atoms with Crippen molar-refractivity contribution in [3.63, 3.8) is 0 Å². The summed E-state index contributed by atoms with van der Waals surface area (Å²) in [5.74, 6) is 0.195. The lowest BCUT2D eigenvalue weighted by atomic mass is 10.4. The van der Waals surface area contributed by atoms with Crippen molar-refractivity contribution in [2.75, 3.05) is 12.4 Å². The van der Waals surface area contributed by atoms with Crippen molar-refractivity contribution in [1.29, 1.82) is 0 Å². The minimum absolute atomic E-state index is 0.0531. The number of rotatable bonds is 5. The topological polar surface area (TPSA) is 49.3 Å². The van der Waals surface area contributed by atoms with E-state index in [9.17, 15) is 4.79 Å². The molecule has 1 aromatic rings. The van der Waals surface area contributed by atoms with Crippen molar-refractivity contribution >= 4 is 29.3 Å². The van der Waals surface area contributed by atoms with Crippen molar-refractivity contribution in [2.24, 2.45) is 0 Å². The third-order valence-electron chi connectivity index (χ3n) is 1.88. The average Bonchev–Trinajstić information content (AvgIpc) is 2.28. The molecule has 0 aliphatic carbocycles. The lowest BCUT2D eigenvalue weighted by Crippen LogP contribution is -2.36. The fraction of sp³-hybridized carbons (Fsp3) is 0.364. The van der Waals surface area contributed by atoms with Crippen LogP contribution in [0.1, 0.15) is 6.92 Å². The van der Waals surface area contributed by atoms with Gasteiger partial charge in [0.1, 0.15) is 0 Å². The molecule has 5 heteroatoms. The number of nitrogens with one attached hydrogen (secondary N) is 1. The van der Waals surface area contributed by atoms with Crippen molar-refractivity contribution in [3.05, 3.63) is 29.3 Å². The normalized spacial score (nSPS) is 12.2. The molecule has 1 atom stereocenters. The van der Waals surface area contributed by atoms with E-state index >= 15 is 0 Å². The minimum atomic E-state index is -0.209. The Bertz CT molecular complexity index is 360. The van der Waals surface area contributed by atoms with Gasteiger partial charge in [-0.1, -0.05) is 23.7 Å². The molecule has 0 radical (unpaired) electrons. The van der Waals surface area contributed by atoms with Crippen LogP contribution in [0.4, 0.5) is 0 Å². The van der Waals surface area contributed by atoms with Crippen LogP contribution in [0, 0.1) is 0 Å². The molecule has 2 N–H and O–H groups in total. The molecular formula is C11H14ClNO2S. The van der Waals surface area contributed by atoms with E-state index in [1.165, 1.54) is 11.8 Å². The lowest BCUT2D eigenvalue weighted by Gasteiger charge is -2.10. The Morgan fingerprint density at radius 2 is 2.25 bits per heavy atom. The standard InChI is InChI=1S/C11H14ClNO2S/c1-8(6-14)13-11(15)7-16-10-5-3-2-4-9(10)12/h2-5,8,14H,6-7H2,1H3,(H,13,15)/t8-/m0/s1. The van der Waals surface area contributed by atoms with Crippen LogP contribution in [0.3, 0.4) is 0 Å². The highest BCUT2D eigenvalue weighted by molar-refractivity contribution is 8.00. The molecule has 0 fully saturated rings. The third-order valence-corrected chi connectivity index (χ3v) is 3.39. The Kier molecular flexibility index (Phi) is 5.66. The number of benzene rings is 1. The van der Waals surface area contributed by atoms with Gasteiger partial charge in [0.05, 0.1) is 17.4 Å². The first-order valence-electron chi connectivity index (χ1n) is 4.91. The first-order valence-corrected chi connectivity index (χ1v) is 6.27. The van der Waals surface area contributed by atoms with Gasteiger partial charge in [0, 0.05) is 10.9 Å². The Morgan fingerprint density at radius 1 is 1.56 bits per heavy atom. The second-order valence-electron chi connectivity index (χ2n) is 3.37. The number of hydrogen-bond donors (Lipinski definition) is 2. The molecule has 0 spiro atoms. The SMILES string of the molecule is C[C@@H](CO)NC(=O)CSc1ccccc1Cl. The zero-order chi connectivity index (χ0) is 12.0. The van der Waals surface area contributed by atoms with Gasteiger partial charge in [-0.2, -0.15) is 0 Å². The molecule has 1 amide bonds. The predicted molar refractivity (Wildman–Crippen MR) is 66.9 cm³/mol. The molecule has 16 heavy (non-hydrogen) atoms. The van der Waals surface area contributed by atoms with Crippen molar-refractivity contribution in [3.8, 4) is 0 Å². The maximum Gasteiger partial charge on any atom is 0.230 e. The number of aliphatic hydroxyl groups is 1. The Balaban J connectivity index is 2.40. The van der Waals surface area contributed by atoms with Crippen molar-refractivity contribution in [1.82, 2.24) is 5.32 Å². The second kappa shape index (κ2) is 6.78. The molecule has 0 heterocycles. The number of aliphatic hydroxyl groups excluding tert-OH is 1. The smallest absolute Gasteiger partial charge is 0.230 e. The Labute approximate surface area is 104 Å². The van der Waals surface area contributed by atoms with Gasteiger partial charge in [-0.25, -0.2) is 0 Å². The van der Waals surface area contributed by atoms with E-state index in [-0.39, 0.29) is 18.6 Å². The van der Waals surface area contributed by atoms with Gasteiger partial charge in [-0.3, -0.25) is 4.79 Å². The monoisotopic (exact) mass is 259 g/mol. The van der Waals surface area contributed by atoms with Gasteiger partial charge in [0.15, 0.2) is 0 Å². The summed E-state index contributed by atoms with van der Waals surface area (Å²) in [5.41, 5.74) is 0. The number of carbonyl (C=O) groups excluding carboxylic acids is 1. The lowest BCUT2D eigenvalue weighted by molar-refractivity contribution is -0.119. The molecule has 0 saturated carbocycles. The fourth-order valence-corrected chi connectivity index (χ4v) is 2.12. The fourth-order valence-electron chi connectivity index (χ4n) is 1.07. The minimum Gasteiger partial charge on any atom is -0.394 e. The number of halogens is 1. The van der Waals surface area contributed by atoms with Crippen molar-refractivity contribution in [2.45, 2.75) is 17.9 Å². The van der Waals surface area contributed by atoms with Gasteiger partial charge >= 0.3 is 0 Å². The number of thioether (sulfide) groups is 1. The molecule has 1 rings (SSSR count). The molecule has 3 nitrogen and oxygen atoms in total. The summed E-state index contributed by atoms with van der Waals surface area (Å²) < 4.78 is 0. The van der Waals surface area contributed by atoms with E-state index in [1.54, 1.807) is 13.0 Å². The van der Waals surface area contributed by atoms with E-state index in [0.717, 1.165) is 4.90 Å². The van der Waals surface area contributed by atoms with E-state index in [4.69, 9.17) is 16.7 Å². The summed E-state index contributed by atoms with van der Waals surface area (Å²) in [4.78, 5) is 12.3. The number of carbonyl (C=O) groups is 1. The zero-order valence-corrected chi connectivity index (χ0v) is 10.5. The van der Waals surface area contributed by atoms with Crippen LogP contribution in [-0.2, 0) is 4.79 Å². The van der Waals surface area contributed by atoms with Crippen molar-refractivity contribution < 1.29 is 9.90 Å². The summed E-state index contributed by atoms with van der Waals surface area (Å²) >= 11 is 7.33. The molecule has 0 bridgehead atoms. The summed E-state index contributed by atoms with van der Waals surface area (Å²) in [7, 11) is 0. The number of hydrogen-bond acceptors (Lipinski definition) is 3. The van der Waals surface area contributed by atoms with Gasteiger partial charge < -0.3 is 10.4 Å². The molecule has 0 aliphatic rings. The largest absolute Gasteiger partial charge is 0.394 e. The predicted octanol–water partition coefficient (Wildman–Crippen LogP) is 1.93. The summed E-state index contributed by atoms with van der Waals surface area (Å²) in [6.45, 7) is 1.70. The van der Waals surface area contributed by atoms with E-state index in [2.05, 4.69) is 5.32 Å². The second-order valence-corrected chi connectivity index (χ2v) is 4.79. The number of amides is 1. The Hall–Kier alpha value is -0.710. The van der Waals surface area contributed by atoms with Crippen LogP contribution < -0.4 is 5.32 Å². The van der Waals surface area contributed by atoms with E-state index in [1.807, 2.05) is 18.2 Å². The van der Waals surface area contributed by atoms with E-state index in [0.29, 0.717) is 10.8 Å². The first-order chi connectivity index (χ1) is 7.63. The van der Waals surface area contributed by atoms with Gasteiger partial charge in [-0.05, 0) is 19.1 Å². The highest BCUT2D eigenvalue weighted by Gasteiger charge is 2.07. The highest BCUT2D eigenvalue weighted by Crippen LogP contribution is 2.26. The summed E-state index contributed by atoms with van der Waals surface area (Å²) in [5, 5.41) is 12.1. The molecule has 88 valence electrons. The molecule has 0 aromatic heterocycles. The van der Waals surface area contributed by atoms with Crippen LogP contribution in [0.2, 0.25) is 5.02 Å². The molecule has 0 saturated heterocycles. The molecule has 0 aliphatic heterocycles. The summed E-state index contributed by atoms with van der Waals surface area (Å²) in [6.07, 6.45) is 0. The van der Waals surface area contributed by atoms with Crippen LogP contribution in [-0.4, -0.2) is 29.4 Å². The van der Waals surface area contributed by atoms with Gasteiger partial charge in [0.25, 0.3) is 0 Å². The van der Waals surface area contributed by atoms with Crippen LogP contribution in [0.15, 0.2) is 29.2 Å². The van der Waals surface area contributed by atoms with Gasteiger partial charge in [-0.15, -0.1) is 11.8 Å². The maximum absolute atomic E-state index is 11.4. The molecule has 1 aromatic carbocycles. The average molecular weight is 260 g/mol. The van der Waals surface area contributed by atoms with E-state index < -0.39 is 0 Å². The van der Waals surface area contributed by atoms with Crippen LogP contribution in [0.5, 0.6) is 0 Å². The van der Waals surface area contributed by atoms with Crippen LogP contribution >= 0.6 is 23.4 Å². The quantitative estimate of drug-likeness (QED) is 0.795. The Morgan fingerprint density at radius 3 is 2.88 bits per heavy atom.